The Morgan fingerprint density at radius 3 is 2.36 bits per heavy atom. The van der Waals surface area contributed by atoms with Gasteiger partial charge < -0.3 is 4.74 Å². The molecule has 5 heteroatoms. The second-order valence-corrected chi connectivity index (χ2v) is 8.03. The maximum Gasteiger partial charge on any atom is 0.326 e. The summed E-state index contributed by atoms with van der Waals surface area (Å²) in [5.74, 6) is -1.37. The number of carbonyl (C=O) groups excluding carboxylic acids is 3. The predicted octanol–water partition coefficient (Wildman–Crippen LogP) is 1.54. The number of hydrogen-bond acceptors (Lipinski definition) is 4. The first-order valence-corrected chi connectivity index (χ1v) is 9.77. The molecule has 5 rings (SSSR count). The lowest BCUT2D eigenvalue weighted by Crippen LogP contribution is -2.99. The van der Waals surface area contributed by atoms with Crippen LogP contribution in [0.15, 0.2) is 48.5 Å². The van der Waals surface area contributed by atoms with E-state index in [4.69, 9.17) is 4.74 Å². The minimum Gasteiger partial charge on any atom is -0.464 e. The van der Waals surface area contributed by atoms with E-state index in [2.05, 4.69) is 0 Å². The van der Waals surface area contributed by atoms with Crippen LogP contribution in [-0.4, -0.2) is 24.4 Å². The Bertz CT molecular complexity index is 1040. The number of benzene rings is 2. The van der Waals surface area contributed by atoms with Crippen molar-refractivity contribution in [2.75, 3.05) is 6.61 Å². The maximum absolute atomic E-state index is 13.1. The van der Waals surface area contributed by atoms with Gasteiger partial charge in [-0.05, 0) is 29.2 Å². The Balaban J connectivity index is 1.84. The van der Waals surface area contributed by atoms with Crippen molar-refractivity contribution >= 4 is 17.8 Å². The van der Waals surface area contributed by atoms with Crippen molar-refractivity contribution in [3.8, 4) is 0 Å². The van der Waals surface area contributed by atoms with Crippen LogP contribution in [0.4, 0.5) is 0 Å². The fraction of sp³-hybridized carbons (Fsp3) is 0.348. The van der Waals surface area contributed by atoms with Crippen LogP contribution in [0.5, 0.6) is 0 Å². The third kappa shape index (κ3) is 1.69. The number of hydrogen-bond donors (Lipinski definition) is 1. The summed E-state index contributed by atoms with van der Waals surface area (Å²) in [7, 11) is 0. The van der Waals surface area contributed by atoms with Gasteiger partial charge in [0.15, 0.2) is 0 Å². The van der Waals surface area contributed by atoms with Crippen molar-refractivity contribution in [2.45, 2.75) is 37.0 Å². The van der Waals surface area contributed by atoms with Crippen LogP contribution in [-0.2, 0) is 30.0 Å². The molecule has 0 saturated carbocycles. The van der Waals surface area contributed by atoms with Crippen molar-refractivity contribution in [3.05, 3.63) is 70.8 Å². The number of carbonyl (C=O) groups is 3. The number of ether oxygens (including phenoxy) is 1. The predicted molar refractivity (Wildman–Crippen MR) is 100 cm³/mol. The van der Waals surface area contributed by atoms with Gasteiger partial charge in [0.2, 0.25) is 0 Å². The molecule has 0 radical (unpaired) electrons. The summed E-state index contributed by atoms with van der Waals surface area (Å²) in [6, 6.07) is 15.9. The molecular formula is C23H22NO4+. The van der Waals surface area contributed by atoms with E-state index in [1.807, 2.05) is 55.5 Å². The van der Waals surface area contributed by atoms with Gasteiger partial charge in [-0.2, -0.15) is 0 Å². The van der Waals surface area contributed by atoms with Gasteiger partial charge >= 0.3 is 17.8 Å². The van der Waals surface area contributed by atoms with Crippen LogP contribution in [0.1, 0.15) is 48.4 Å². The van der Waals surface area contributed by atoms with E-state index in [-0.39, 0.29) is 36.7 Å². The molecule has 2 aromatic carbocycles. The van der Waals surface area contributed by atoms with E-state index in [0.717, 1.165) is 22.3 Å². The molecule has 3 aliphatic rings. The largest absolute Gasteiger partial charge is 0.464 e. The lowest BCUT2D eigenvalue weighted by atomic mass is 9.40. The fourth-order valence-corrected chi connectivity index (χ4v) is 6.13. The molecule has 1 saturated heterocycles. The number of esters is 1. The van der Waals surface area contributed by atoms with Crippen molar-refractivity contribution in [2.24, 2.45) is 5.92 Å². The number of imide groups is 1. The lowest BCUT2D eigenvalue weighted by Gasteiger charge is -2.60. The van der Waals surface area contributed by atoms with Crippen molar-refractivity contribution in [1.29, 1.82) is 0 Å². The van der Waals surface area contributed by atoms with E-state index in [1.54, 1.807) is 6.92 Å². The van der Waals surface area contributed by atoms with E-state index >= 15 is 0 Å². The third-order valence-electron chi connectivity index (χ3n) is 7.14. The molecule has 1 heterocycles. The number of quaternary nitrogens is 1. The highest BCUT2D eigenvalue weighted by Gasteiger charge is 2.79. The molecule has 2 amide bonds. The third-order valence-corrected chi connectivity index (χ3v) is 7.14. The number of primary amides is 2. The van der Waals surface area contributed by atoms with E-state index < -0.39 is 16.7 Å². The summed E-state index contributed by atoms with van der Waals surface area (Å²) in [6.07, 6.45) is 0.289. The van der Waals surface area contributed by atoms with E-state index in [1.165, 1.54) is 5.32 Å². The fourth-order valence-electron chi connectivity index (χ4n) is 6.13. The lowest BCUT2D eigenvalue weighted by molar-refractivity contribution is -0.502. The minimum atomic E-state index is -0.704. The average molecular weight is 376 g/mol. The summed E-state index contributed by atoms with van der Waals surface area (Å²) < 4.78 is 5.70. The zero-order chi connectivity index (χ0) is 19.7. The molecule has 2 aliphatic carbocycles. The summed E-state index contributed by atoms with van der Waals surface area (Å²) in [5.41, 5.74) is 2.67. The molecule has 2 aromatic rings. The molecule has 1 aliphatic heterocycles. The van der Waals surface area contributed by atoms with Gasteiger partial charge in [0.1, 0.15) is 12.5 Å². The van der Waals surface area contributed by atoms with Gasteiger partial charge in [-0.3, -0.25) is 4.79 Å². The molecule has 0 aromatic heterocycles. The summed E-state index contributed by atoms with van der Waals surface area (Å²) in [6.45, 7) is 3.83. The van der Waals surface area contributed by atoms with Gasteiger partial charge in [-0.15, -0.1) is 0 Å². The van der Waals surface area contributed by atoms with Gasteiger partial charge in [0.05, 0.1) is 11.3 Å². The SMILES string of the molecule is CCC(=O)OCC12c3ccccc3C3C(=O)[NH2+]C(=O)C(C)C31c1ccccc12. The second-order valence-electron chi connectivity index (χ2n) is 8.03. The first kappa shape index (κ1) is 17.3. The molecule has 142 valence electrons. The number of nitrogens with two attached hydrogens (primary N) is 1. The van der Waals surface area contributed by atoms with Crippen LogP contribution in [0.2, 0.25) is 0 Å². The zero-order valence-electron chi connectivity index (χ0n) is 15.9. The number of piperidine rings is 1. The van der Waals surface area contributed by atoms with Crippen LogP contribution < -0.4 is 5.32 Å². The Morgan fingerprint density at radius 2 is 1.64 bits per heavy atom. The number of rotatable bonds is 3. The molecule has 1 fully saturated rings. The highest BCUT2D eigenvalue weighted by molar-refractivity contribution is 5.97. The first-order chi connectivity index (χ1) is 13.5. The molecule has 0 bridgehead atoms. The Labute approximate surface area is 163 Å². The maximum atomic E-state index is 13.1. The van der Waals surface area contributed by atoms with E-state index in [0.29, 0.717) is 0 Å². The molecule has 28 heavy (non-hydrogen) atoms. The van der Waals surface area contributed by atoms with Crippen molar-refractivity contribution < 1.29 is 24.4 Å². The molecule has 5 nitrogen and oxygen atoms in total. The molecule has 2 N–H and O–H groups in total. The van der Waals surface area contributed by atoms with Crippen LogP contribution >= 0.6 is 0 Å². The monoisotopic (exact) mass is 376 g/mol. The molecule has 4 unspecified atom stereocenters. The second kappa shape index (κ2) is 5.61. The Hall–Kier alpha value is -2.79. The summed E-state index contributed by atoms with van der Waals surface area (Å²) >= 11 is 0. The van der Waals surface area contributed by atoms with Gasteiger partial charge in [-0.1, -0.05) is 55.5 Å². The summed E-state index contributed by atoms with van der Waals surface area (Å²) in [5, 5.41) is 1.27. The topological polar surface area (TPSA) is 77.1 Å². The zero-order valence-corrected chi connectivity index (χ0v) is 15.9. The highest BCUT2D eigenvalue weighted by Crippen LogP contribution is 2.73. The Kier molecular flexibility index (Phi) is 3.47. The van der Waals surface area contributed by atoms with Gasteiger partial charge in [0.25, 0.3) is 0 Å². The number of amides is 2. The number of fused-ring (bicyclic) bond motifs is 5. The standard InChI is InChI=1S/C23H21NO4/c1-3-18(25)28-12-22-15-9-5-4-8-14(15)19-21(27)24-20(26)13(2)23(19,22)17-11-7-6-10-16(17)22/h4-11,13,19H,3,12H2,1-2H3,(H,24,26,27)/p+1. The van der Waals surface area contributed by atoms with Crippen LogP contribution in [0.3, 0.4) is 0 Å². The van der Waals surface area contributed by atoms with E-state index in [9.17, 15) is 14.4 Å². The van der Waals surface area contributed by atoms with Crippen molar-refractivity contribution in [1.82, 2.24) is 0 Å². The summed E-state index contributed by atoms with van der Waals surface area (Å²) in [4.78, 5) is 38.1. The van der Waals surface area contributed by atoms with Gasteiger partial charge in [-0.25, -0.2) is 14.9 Å². The van der Waals surface area contributed by atoms with Crippen LogP contribution in [0.25, 0.3) is 0 Å². The first-order valence-electron chi connectivity index (χ1n) is 9.77. The Morgan fingerprint density at radius 1 is 1.00 bits per heavy atom. The molecule has 1 spiro atoms. The minimum absolute atomic E-state index is 0.144. The average Bonchev–Trinajstić information content (AvgIpc) is 2.93. The smallest absolute Gasteiger partial charge is 0.326 e. The van der Waals surface area contributed by atoms with Crippen LogP contribution in [0, 0.1) is 5.92 Å². The normalized spacial score (nSPS) is 31.9. The molecular weight excluding hydrogens is 354 g/mol. The molecule has 4 atom stereocenters. The van der Waals surface area contributed by atoms with Crippen molar-refractivity contribution in [3.63, 3.8) is 0 Å². The quantitative estimate of drug-likeness (QED) is 0.651. The van der Waals surface area contributed by atoms with Gasteiger partial charge in [0, 0.05) is 11.8 Å². The highest BCUT2D eigenvalue weighted by atomic mass is 16.5.